The lowest BCUT2D eigenvalue weighted by molar-refractivity contribution is -0.134. The lowest BCUT2D eigenvalue weighted by atomic mass is 9.79. The maximum Gasteiger partial charge on any atom is 0.339 e. The second kappa shape index (κ2) is 7.35. The zero-order valence-corrected chi connectivity index (χ0v) is 16.5. The Morgan fingerprint density at radius 1 is 1.41 bits per heavy atom. The van der Waals surface area contributed by atoms with E-state index in [1.807, 2.05) is 24.0 Å². The molecule has 2 aromatic rings. The molecule has 27 heavy (non-hydrogen) atoms. The normalized spacial score (nSPS) is 19.3. The Hall–Kier alpha value is -2.34. The molecule has 2 heterocycles. The topological polar surface area (TPSA) is 85.8 Å². The van der Waals surface area contributed by atoms with Crippen molar-refractivity contribution in [2.24, 2.45) is 11.1 Å². The van der Waals surface area contributed by atoms with Gasteiger partial charge < -0.3 is 19.8 Å². The van der Waals surface area contributed by atoms with Gasteiger partial charge in [0.2, 0.25) is 5.91 Å². The molecule has 3 rings (SSSR count). The Morgan fingerprint density at radius 3 is 2.81 bits per heavy atom. The molecule has 1 atom stereocenters. The zero-order valence-electron chi connectivity index (χ0n) is 16.5. The minimum atomic E-state index is -0.387. The number of carbonyl (C=O) groups is 1. The second-order valence-corrected chi connectivity index (χ2v) is 8.05. The van der Waals surface area contributed by atoms with Gasteiger partial charge in [-0.1, -0.05) is 13.8 Å². The molecule has 1 aromatic carbocycles. The van der Waals surface area contributed by atoms with E-state index in [2.05, 4.69) is 13.8 Å². The summed E-state index contributed by atoms with van der Waals surface area (Å²) in [5.41, 5.74) is 7.59. The number of likely N-dealkylation sites (tertiary alicyclic amines) is 1. The number of ether oxygens (including phenoxy) is 1. The Labute approximate surface area is 159 Å². The van der Waals surface area contributed by atoms with Crippen LogP contribution < -0.4 is 16.1 Å². The van der Waals surface area contributed by atoms with Crippen LogP contribution >= 0.6 is 0 Å². The molecule has 1 fully saturated rings. The first-order valence-electron chi connectivity index (χ1n) is 9.36. The van der Waals surface area contributed by atoms with E-state index in [0.29, 0.717) is 42.8 Å². The van der Waals surface area contributed by atoms with Crippen molar-refractivity contribution >= 4 is 16.9 Å². The van der Waals surface area contributed by atoms with Crippen molar-refractivity contribution in [2.45, 2.75) is 46.1 Å². The molecular formula is C21H28N2O4. The van der Waals surface area contributed by atoms with Gasteiger partial charge in [0.1, 0.15) is 11.3 Å². The number of methoxy groups -OCH3 is 1. The van der Waals surface area contributed by atoms with E-state index in [4.69, 9.17) is 14.9 Å². The van der Waals surface area contributed by atoms with Crippen LogP contribution in [0.3, 0.4) is 0 Å². The van der Waals surface area contributed by atoms with Gasteiger partial charge in [-0.15, -0.1) is 0 Å². The third-order valence-corrected chi connectivity index (χ3v) is 5.75. The van der Waals surface area contributed by atoms with Gasteiger partial charge in [0.25, 0.3) is 0 Å². The van der Waals surface area contributed by atoms with Crippen molar-refractivity contribution in [3.05, 3.63) is 39.7 Å². The highest BCUT2D eigenvalue weighted by Crippen LogP contribution is 2.28. The van der Waals surface area contributed by atoms with E-state index >= 15 is 0 Å². The van der Waals surface area contributed by atoms with Crippen LogP contribution in [-0.4, -0.2) is 37.0 Å². The summed E-state index contributed by atoms with van der Waals surface area (Å²) in [4.78, 5) is 27.0. The first-order valence-corrected chi connectivity index (χ1v) is 9.36. The zero-order chi connectivity index (χ0) is 19.8. The fourth-order valence-corrected chi connectivity index (χ4v) is 3.77. The summed E-state index contributed by atoms with van der Waals surface area (Å²) >= 11 is 0. The predicted molar refractivity (Wildman–Crippen MR) is 105 cm³/mol. The minimum absolute atomic E-state index is 0.0589. The smallest absolute Gasteiger partial charge is 0.339 e. The van der Waals surface area contributed by atoms with Crippen LogP contribution in [0, 0.1) is 12.3 Å². The van der Waals surface area contributed by atoms with E-state index in [1.165, 1.54) is 0 Å². The molecule has 1 aromatic heterocycles. The number of benzene rings is 1. The molecule has 0 radical (unpaired) electrons. The molecule has 146 valence electrons. The summed E-state index contributed by atoms with van der Waals surface area (Å²) < 4.78 is 10.6. The van der Waals surface area contributed by atoms with Crippen molar-refractivity contribution in [2.75, 3.05) is 20.2 Å². The van der Waals surface area contributed by atoms with Crippen molar-refractivity contribution in [3.8, 4) is 5.75 Å². The molecule has 1 aliphatic rings. The van der Waals surface area contributed by atoms with Gasteiger partial charge >= 0.3 is 5.63 Å². The van der Waals surface area contributed by atoms with Crippen molar-refractivity contribution in [1.29, 1.82) is 0 Å². The largest absolute Gasteiger partial charge is 0.497 e. The van der Waals surface area contributed by atoms with Gasteiger partial charge in [0, 0.05) is 42.6 Å². The van der Waals surface area contributed by atoms with Crippen molar-refractivity contribution in [1.82, 2.24) is 4.90 Å². The van der Waals surface area contributed by atoms with E-state index < -0.39 is 0 Å². The molecule has 1 saturated heterocycles. The summed E-state index contributed by atoms with van der Waals surface area (Å²) in [6.45, 7) is 7.40. The molecule has 6 nitrogen and oxygen atoms in total. The minimum Gasteiger partial charge on any atom is -0.497 e. The summed E-state index contributed by atoms with van der Waals surface area (Å²) in [6, 6.07) is 5.53. The van der Waals surface area contributed by atoms with Crippen LogP contribution in [0.25, 0.3) is 11.0 Å². The molecule has 1 amide bonds. The van der Waals surface area contributed by atoms with Crippen LogP contribution in [0.5, 0.6) is 5.75 Å². The SMILES string of the molecule is COc1ccc2c(C)c(CCC(=O)N3CCC(N)C(C)(C)C3)c(=O)oc2c1. The van der Waals surface area contributed by atoms with Gasteiger partial charge in [-0.2, -0.15) is 0 Å². The molecule has 0 saturated carbocycles. The number of hydrogen-bond donors (Lipinski definition) is 1. The predicted octanol–water partition coefficient (Wildman–Crippen LogP) is 2.63. The Bertz CT molecular complexity index is 916. The van der Waals surface area contributed by atoms with Gasteiger partial charge in [0.05, 0.1) is 7.11 Å². The molecule has 2 N–H and O–H groups in total. The fraction of sp³-hybridized carbons (Fsp3) is 0.524. The Balaban J connectivity index is 1.77. The molecule has 6 heteroatoms. The molecule has 1 aliphatic heterocycles. The molecule has 1 unspecified atom stereocenters. The lowest BCUT2D eigenvalue weighted by Crippen LogP contribution is -2.54. The van der Waals surface area contributed by atoms with Crippen LogP contribution in [0.15, 0.2) is 27.4 Å². The highest BCUT2D eigenvalue weighted by Gasteiger charge is 2.35. The number of amides is 1. The number of fused-ring (bicyclic) bond motifs is 1. The number of piperidine rings is 1. The molecule has 0 bridgehead atoms. The Kier molecular flexibility index (Phi) is 5.29. The number of aryl methyl sites for hydroxylation is 1. The second-order valence-electron chi connectivity index (χ2n) is 8.05. The first kappa shape index (κ1) is 19.4. The summed E-state index contributed by atoms with van der Waals surface area (Å²) in [7, 11) is 1.57. The number of nitrogens with two attached hydrogens (primary N) is 1. The van der Waals surface area contributed by atoms with Gasteiger partial charge in [-0.3, -0.25) is 4.79 Å². The maximum atomic E-state index is 12.7. The van der Waals surface area contributed by atoms with E-state index in [1.54, 1.807) is 13.2 Å². The average Bonchev–Trinajstić information content (AvgIpc) is 2.62. The molecular weight excluding hydrogens is 344 g/mol. The summed E-state index contributed by atoms with van der Waals surface area (Å²) in [5.74, 6) is 0.697. The van der Waals surface area contributed by atoms with Crippen LogP contribution in [0.1, 0.15) is 37.8 Å². The van der Waals surface area contributed by atoms with Gasteiger partial charge in [-0.05, 0) is 42.9 Å². The standard InChI is InChI=1S/C21H28N2O4/c1-13-15-6-5-14(26-4)11-17(15)27-20(25)16(13)7-8-19(24)23-10-9-18(22)21(2,3)12-23/h5-6,11,18H,7-10,12,22H2,1-4H3. The van der Waals surface area contributed by atoms with Crippen LogP contribution in [-0.2, 0) is 11.2 Å². The highest BCUT2D eigenvalue weighted by atomic mass is 16.5. The monoisotopic (exact) mass is 372 g/mol. The quantitative estimate of drug-likeness (QED) is 0.834. The average molecular weight is 372 g/mol. The maximum absolute atomic E-state index is 12.7. The van der Waals surface area contributed by atoms with Gasteiger partial charge in [0.15, 0.2) is 0 Å². The van der Waals surface area contributed by atoms with Crippen molar-refractivity contribution < 1.29 is 13.9 Å². The first-order chi connectivity index (χ1) is 12.7. The van der Waals surface area contributed by atoms with Crippen molar-refractivity contribution in [3.63, 3.8) is 0 Å². The van der Waals surface area contributed by atoms with E-state index in [0.717, 1.165) is 17.4 Å². The van der Waals surface area contributed by atoms with E-state index in [-0.39, 0.29) is 23.0 Å². The number of rotatable bonds is 4. The van der Waals surface area contributed by atoms with Crippen LogP contribution in [0.2, 0.25) is 0 Å². The molecule has 0 aliphatic carbocycles. The third-order valence-electron chi connectivity index (χ3n) is 5.75. The highest BCUT2D eigenvalue weighted by molar-refractivity contribution is 5.82. The summed E-state index contributed by atoms with van der Waals surface area (Å²) in [6.07, 6.45) is 1.47. The third kappa shape index (κ3) is 3.86. The van der Waals surface area contributed by atoms with E-state index in [9.17, 15) is 9.59 Å². The Morgan fingerprint density at radius 2 is 2.15 bits per heavy atom. The lowest BCUT2D eigenvalue weighted by Gasteiger charge is -2.42. The van der Waals surface area contributed by atoms with Gasteiger partial charge in [-0.25, -0.2) is 4.79 Å². The number of nitrogens with zero attached hydrogens (tertiary/aromatic N) is 1. The fourth-order valence-electron chi connectivity index (χ4n) is 3.77. The number of carbonyl (C=O) groups excluding carboxylic acids is 1. The molecule has 0 spiro atoms. The van der Waals surface area contributed by atoms with Crippen LogP contribution in [0.4, 0.5) is 0 Å². The summed E-state index contributed by atoms with van der Waals surface area (Å²) in [5, 5.41) is 0.864. The number of hydrogen-bond acceptors (Lipinski definition) is 5.